The molecule has 0 saturated heterocycles. The van der Waals surface area contributed by atoms with E-state index >= 15 is 0 Å². The second-order valence-corrected chi connectivity index (χ2v) is 5.86. The van der Waals surface area contributed by atoms with Crippen LogP contribution < -0.4 is 5.32 Å². The molecule has 0 aromatic carbocycles. The van der Waals surface area contributed by atoms with Crippen molar-refractivity contribution in [3.05, 3.63) is 0 Å². The highest BCUT2D eigenvalue weighted by Gasteiger charge is 2.27. The van der Waals surface area contributed by atoms with Crippen molar-refractivity contribution in [2.75, 3.05) is 13.2 Å². The fraction of sp³-hybridized carbons (Fsp3) is 0.923. The maximum absolute atomic E-state index is 11.7. The second kappa shape index (κ2) is 7.59. The molecule has 5 nitrogen and oxygen atoms in total. The fourth-order valence-electron chi connectivity index (χ4n) is 1.90. The number of hydrogen-bond donors (Lipinski definition) is 3. The Bertz CT molecular complexity index is 248. The molecule has 5 heteroatoms. The van der Waals surface area contributed by atoms with Crippen molar-refractivity contribution in [2.45, 2.75) is 52.7 Å². The molecule has 0 spiro atoms. The number of ether oxygens (including phenoxy) is 1. The monoisotopic (exact) mass is 261 g/mol. The first-order valence-corrected chi connectivity index (χ1v) is 6.42. The minimum Gasteiger partial charge on any atom is -0.444 e. The molecule has 0 aromatic heterocycles. The van der Waals surface area contributed by atoms with Crippen LogP contribution in [0, 0.1) is 11.8 Å². The van der Waals surface area contributed by atoms with E-state index in [2.05, 4.69) is 5.32 Å². The van der Waals surface area contributed by atoms with E-state index in [1.807, 2.05) is 13.8 Å². The van der Waals surface area contributed by atoms with Crippen molar-refractivity contribution < 1.29 is 19.7 Å². The quantitative estimate of drug-likeness (QED) is 0.677. The number of rotatable bonds is 6. The largest absolute Gasteiger partial charge is 0.444 e. The summed E-state index contributed by atoms with van der Waals surface area (Å²) < 4.78 is 5.15. The smallest absolute Gasteiger partial charge is 0.407 e. The van der Waals surface area contributed by atoms with Gasteiger partial charge < -0.3 is 20.3 Å². The first-order valence-electron chi connectivity index (χ1n) is 6.42. The van der Waals surface area contributed by atoms with Crippen LogP contribution in [-0.4, -0.2) is 41.2 Å². The molecule has 0 aliphatic rings. The number of carbonyl (C=O) groups excluding carboxylic acids is 1. The van der Waals surface area contributed by atoms with Crippen LogP contribution in [0.1, 0.15) is 41.0 Å². The summed E-state index contributed by atoms with van der Waals surface area (Å²) in [5, 5.41) is 21.1. The van der Waals surface area contributed by atoms with Crippen LogP contribution in [0.3, 0.4) is 0 Å². The Labute approximate surface area is 110 Å². The van der Waals surface area contributed by atoms with Crippen LogP contribution in [0.15, 0.2) is 0 Å². The standard InChI is InChI=1S/C13H27NO4/c1-9(2)10(6-7-15)11(8-16)14-12(17)18-13(3,4)5/h9-11,15-16H,6-8H2,1-5H3,(H,14,17)/t10-,11-/m0/s1. The van der Waals surface area contributed by atoms with Crippen molar-refractivity contribution in [3.63, 3.8) is 0 Å². The third kappa shape index (κ3) is 6.81. The lowest BCUT2D eigenvalue weighted by Gasteiger charge is -2.30. The number of aliphatic hydroxyl groups excluding tert-OH is 2. The van der Waals surface area contributed by atoms with Crippen LogP contribution in [0.2, 0.25) is 0 Å². The normalized spacial score (nSPS) is 15.3. The van der Waals surface area contributed by atoms with Gasteiger partial charge in [0.25, 0.3) is 0 Å². The van der Waals surface area contributed by atoms with Gasteiger partial charge in [0.05, 0.1) is 12.6 Å². The number of aliphatic hydroxyl groups is 2. The third-order valence-corrected chi connectivity index (χ3v) is 2.73. The van der Waals surface area contributed by atoms with Crippen molar-refractivity contribution in [3.8, 4) is 0 Å². The molecule has 3 N–H and O–H groups in total. The van der Waals surface area contributed by atoms with E-state index in [0.717, 1.165) is 0 Å². The van der Waals surface area contributed by atoms with Gasteiger partial charge in [0.2, 0.25) is 0 Å². The summed E-state index contributed by atoms with van der Waals surface area (Å²) in [6, 6.07) is -0.396. The number of carbonyl (C=O) groups is 1. The average Bonchev–Trinajstić information content (AvgIpc) is 2.20. The summed E-state index contributed by atoms with van der Waals surface area (Å²) in [5.41, 5.74) is -0.561. The van der Waals surface area contributed by atoms with Gasteiger partial charge in [-0.2, -0.15) is 0 Å². The molecule has 18 heavy (non-hydrogen) atoms. The highest BCUT2D eigenvalue weighted by molar-refractivity contribution is 5.68. The lowest BCUT2D eigenvalue weighted by Crippen LogP contribution is -2.46. The second-order valence-electron chi connectivity index (χ2n) is 5.86. The molecule has 0 aromatic rings. The molecule has 0 bridgehead atoms. The molecular formula is C13H27NO4. The van der Waals surface area contributed by atoms with E-state index in [0.29, 0.717) is 6.42 Å². The Kier molecular flexibility index (Phi) is 7.25. The van der Waals surface area contributed by atoms with Gasteiger partial charge in [-0.25, -0.2) is 4.79 Å². The zero-order chi connectivity index (χ0) is 14.3. The predicted molar refractivity (Wildman–Crippen MR) is 70.3 cm³/mol. The number of amides is 1. The SMILES string of the molecule is CC(C)[C@H](CCO)[C@H](CO)NC(=O)OC(C)(C)C. The molecule has 0 radical (unpaired) electrons. The summed E-state index contributed by atoms with van der Waals surface area (Å²) in [6.45, 7) is 9.23. The Morgan fingerprint density at radius 1 is 1.28 bits per heavy atom. The Morgan fingerprint density at radius 3 is 2.17 bits per heavy atom. The summed E-state index contributed by atoms with van der Waals surface area (Å²) in [7, 11) is 0. The van der Waals surface area contributed by atoms with Gasteiger partial charge in [-0.3, -0.25) is 0 Å². The van der Waals surface area contributed by atoms with E-state index in [1.54, 1.807) is 20.8 Å². The molecule has 0 heterocycles. The lowest BCUT2D eigenvalue weighted by molar-refractivity contribution is 0.0423. The van der Waals surface area contributed by atoms with Crippen LogP contribution >= 0.6 is 0 Å². The summed E-state index contributed by atoms with van der Waals surface area (Å²) >= 11 is 0. The molecule has 0 unspecified atom stereocenters. The minimum atomic E-state index is -0.561. The van der Waals surface area contributed by atoms with E-state index in [4.69, 9.17) is 9.84 Å². The molecule has 0 saturated carbocycles. The molecule has 0 fully saturated rings. The van der Waals surface area contributed by atoms with E-state index in [9.17, 15) is 9.90 Å². The third-order valence-electron chi connectivity index (χ3n) is 2.73. The maximum atomic E-state index is 11.7. The predicted octanol–water partition coefficient (Wildman–Crippen LogP) is 1.53. The Hall–Kier alpha value is -0.810. The first kappa shape index (κ1) is 17.2. The molecule has 1 amide bonds. The highest BCUT2D eigenvalue weighted by atomic mass is 16.6. The van der Waals surface area contributed by atoms with E-state index < -0.39 is 17.7 Å². The number of alkyl carbamates (subject to hydrolysis) is 1. The van der Waals surface area contributed by atoms with Crippen LogP contribution in [-0.2, 0) is 4.74 Å². The first-order chi connectivity index (χ1) is 8.21. The summed E-state index contributed by atoms with van der Waals surface area (Å²) in [5.74, 6) is 0.275. The summed E-state index contributed by atoms with van der Waals surface area (Å²) in [6.07, 6.45) is 0.00346. The highest BCUT2D eigenvalue weighted by Crippen LogP contribution is 2.19. The van der Waals surface area contributed by atoms with Gasteiger partial charge in [0.15, 0.2) is 0 Å². The van der Waals surface area contributed by atoms with Gasteiger partial charge in [0, 0.05) is 6.61 Å². The van der Waals surface area contributed by atoms with Crippen molar-refractivity contribution >= 4 is 6.09 Å². The van der Waals surface area contributed by atoms with Gasteiger partial charge in [-0.15, -0.1) is 0 Å². The van der Waals surface area contributed by atoms with Gasteiger partial charge in [-0.05, 0) is 39.0 Å². The Balaban J connectivity index is 4.52. The zero-order valence-corrected chi connectivity index (χ0v) is 12.1. The molecule has 0 rings (SSSR count). The van der Waals surface area contributed by atoms with Crippen molar-refractivity contribution in [1.82, 2.24) is 5.32 Å². The van der Waals surface area contributed by atoms with Crippen LogP contribution in [0.5, 0.6) is 0 Å². The van der Waals surface area contributed by atoms with Gasteiger partial charge >= 0.3 is 6.09 Å². The van der Waals surface area contributed by atoms with Gasteiger partial charge in [0.1, 0.15) is 5.60 Å². The summed E-state index contributed by atoms with van der Waals surface area (Å²) in [4.78, 5) is 11.7. The molecule has 0 aliphatic carbocycles. The molecule has 2 atom stereocenters. The molecule has 108 valence electrons. The molecule has 0 aliphatic heterocycles. The average molecular weight is 261 g/mol. The van der Waals surface area contributed by atoms with Gasteiger partial charge in [-0.1, -0.05) is 13.8 Å². The van der Waals surface area contributed by atoms with E-state index in [-0.39, 0.29) is 25.0 Å². The minimum absolute atomic E-state index is 0.0209. The van der Waals surface area contributed by atoms with Crippen LogP contribution in [0.4, 0.5) is 4.79 Å². The topological polar surface area (TPSA) is 78.8 Å². The zero-order valence-electron chi connectivity index (χ0n) is 12.1. The Morgan fingerprint density at radius 2 is 1.83 bits per heavy atom. The van der Waals surface area contributed by atoms with Crippen molar-refractivity contribution in [2.24, 2.45) is 11.8 Å². The number of nitrogens with one attached hydrogen (secondary N) is 1. The number of hydrogen-bond acceptors (Lipinski definition) is 4. The molecular weight excluding hydrogens is 234 g/mol. The lowest BCUT2D eigenvalue weighted by atomic mass is 9.86. The van der Waals surface area contributed by atoms with Crippen molar-refractivity contribution in [1.29, 1.82) is 0 Å². The van der Waals surface area contributed by atoms with Crippen LogP contribution in [0.25, 0.3) is 0 Å². The van der Waals surface area contributed by atoms with E-state index in [1.165, 1.54) is 0 Å². The fourth-order valence-corrected chi connectivity index (χ4v) is 1.90. The maximum Gasteiger partial charge on any atom is 0.407 e.